The number of aromatic amines is 1. The minimum absolute atomic E-state index is 0.294. The molecule has 0 saturated heterocycles. The molecule has 5 heteroatoms. The highest BCUT2D eigenvalue weighted by Crippen LogP contribution is 2.36. The Bertz CT molecular complexity index is 560. The summed E-state index contributed by atoms with van der Waals surface area (Å²) >= 11 is 6.11. The topological polar surface area (TPSA) is 54.7 Å². The normalized spacial score (nSPS) is 10.9. The molecule has 1 aromatic carbocycles. The Labute approximate surface area is 123 Å². The van der Waals surface area contributed by atoms with Crippen LogP contribution in [0.25, 0.3) is 11.1 Å². The van der Waals surface area contributed by atoms with Crippen molar-refractivity contribution < 1.29 is 4.39 Å². The van der Waals surface area contributed by atoms with E-state index >= 15 is 0 Å². The van der Waals surface area contributed by atoms with E-state index in [1.54, 1.807) is 12.1 Å². The zero-order valence-electron chi connectivity index (χ0n) is 11.5. The monoisotopic (exact) mass is 295 g/mol. The van der Waals surface area contributed by atoms with Gasteiger partial charge in [0.25, 0.3) is 0 Å². The number of nitrogens with two attached hydrogens (primary N) is 1. The van der Waals surface area contributed by atoms with E-state index in [-0.39, 0.29) is 5.82 Å². The van der Waals surface area contributed by atoms with Crippen molar-refractivity contribution >= 4 is 17.4 Å². The van der Waals surface area contributed by atoms with Gasteiger partial charge in [0.15, 0.2) is 5.82 Å². The number of hydrogen-bond acceptors (Lipinski definition) is 2. The number of halogens is 2. The quantitative estimate of drug-likeness (QED) is 0.767. The van der Waals surface area contributed by atoms with Gasteiger partial charge in [0.2, 0.25) is 0 Å². The second kappa shape index (κ2) is 6.75. The fourth-order valence-corrected chi connectivity index (χ4v) is 2.58. The molecule has 1 aromatic heterocycles. The van der Waals surface area contributed by atoms with Crippen molar-refractivity contribution in [1.82, 2.24) is 10.2 Å². The molecule has 2 aromatic rings. The van der Waals surface area contributed by atoms with Crippen molar-refractivity contribution in [2.24, 2.45) is 0 Å². The molecule has 0 aliphatic heterocycles. The number of nitrogen functional groups attached to an aromatic ring is 1. The predicted octanol–water partition coefficient (Wildman–Crippen LogP) is 4.57. The van der Waals surface area contributed by atoms with E-state index in [1.807, 2.05) is 0 Å². The molecule has 0 aliphatic rings. The summed E-state index contributed by atoms with van der Waals surface area (Å²) in [4.78, 5) is 0. The molecule has 0 bridgehead atoms. The maximum absolute atomic E-state index is 14.0. The lowest BCUT2D eigenvalue weighted by molar-refractivity contribution is 0.630. The molecular formula is C15H19ClFN3. The van der Waals surface area contributed by atoms with E-state index < -0.39 is 0 Å². The zero-order valence-corrected chi connectivity index (χ0v) is 12.3. The highest BCUT2D eigenvalue weighted by Gasteiger charge is 2.19. The fourth-order valence-electron chi connectivity index (χ4n) is 2.32. The number of H-pyrrole nitrogens is 1. The van der Waals surface area contributed by atoms with Crippen LogP contribution < -0.4 is 5.73 Å². The average Bonchev–Trinajstić information content (AvgIpc) is 2.77. The van der Waals surface area contributed by atoms with Gasteiger partial charge in [0, 0.05) is 11.3 Å². The average molecular weight is 296 g/mol. The van der Waals surface area contributed by atoms with Crippen LogP contribution in [0, 0.1) is 5.82 Å². The number of benzene rings is 1. The van der Waals surface area contributed by atoms with Crippen LogP contribution in [0.15, 0.2) is 18.2 Å². The van der Waals surface area contributed by atoms with Gasteiger partial charge in [-0.05, 0) is 25.0 Å². The van der Waals surface area contributed by atoms with Crippen molar-refractivity contribution in [2.45, 2.75) is 39.0 Å². The van der Waals surface area contributed by atoms with E-state index in [1.165, 1.54) is 18.9 Å². The van der Waals surface area contributed by atoms with E-state index in [0.29, 0.717) is 22.0 Å². The summed E-state index contributed by atoms with van der Waals surface area (Å²) in [6.07, 6.45) is 5.33. The first-order valence-corrected chi connectivity index (χ1v) is 7.30. The Kier molecular flexibility index (Phi) is 5.01. The molecule has 108 valence electrons. The van der Waals surface area contributed by atoms with Crippen molar-refractivity contribution in [3.8, 4) is 11.1 Å². The Morgan fingerprint density at radius 2 is 2.05 bits per heavy atom. The Balaban J connectivity index is 2.29. The number of anilines is 1. The number of aromatic nitrogens is 2. The van der Waals surface area contributed by atoms with Gasteiger partial charge >= 0.3 is 0 Å². The van der Waals surface area contributed by atoms with E-state index in [4.69, 9.17) is 17.3 Å². The molecule has 0 unspecified atom stereocenters. The van der Waals surface area contributed by atoms with Crippen LogP contribution >= 0.6 is 11.6 Å². The molecule has 2 rings (SSSR count). The van der Waals surface area contributed by atoms with E-state index in [9.17, 15) is 4.39 Å². The molecule has 3 N–H and O–H groups in total. The Morgan fingerprint density at radius 1 is 1.25 bits per heavy atom. The van der Waals surface area contributed by atoms with E-state index in [0.717, 1.165) is 25.0 Å². The van der Waals surface area contributed by atoms with Crippen LogP contribution in [0.3, 0.4) is 0 Å². The summed E-state index contributed by atoms with van der Waals surface area (Å²) in [6.45, 7) is 2.17. The molecule has 3 nitrogen and oxygen atoms in total. The molecule has 20 heavy (non-hydrogen) atoms. The lowest BCUT2D eigenvalue weighted by Crippen LogP contribution is -1.95. The summed E-state index contributed by atoms with van der Waals surface area (Å²) < 4.78 is 14.0. The van der Waals surface area contributed by atoms with Crippen molar-refractivity contribution in [2.75, 3.05) is 5.73 Å². The summed E-state index contributed by atoms with van der Waals surface area (Å²) in [5.41, 5.74) is 7.67. The smallest absolute Gasteiger partial charge is 0.153 e. The first-order chi connectivity index (χ1) is 9.65. The van der Waals surface area contributed by atoms with Gasteiger partial charge in [-0.15, -0.1) is 0 Å². The number of unbranched alkanes of at least 4 members (excludes halogenated alkanes) is 3. The summed E-state index contributed by atoms with van der Waals surface area (Å²) in [5, 5.41) is 7.26. The van der Waals surface area contributed by atoms with Gasteiger partial charge in [-0.1, -0.05) is 43.9 Å². The van der Waals surface area contributed by atoms with Crippen LogP contribution in [0.1, 0.15) is 38.3 Å². The van der Waals surface area contributed by atoms with Crippen molar-refractivity contribution in [3.05, 3.63) is 34.7 Å². The molecule has 0 saturated carbocycles. The highest BCUT2D eigenvalue weighted by atomic mass is 35.5. The minimum Gasteiger partial charge on any atom is -0.382 e. The second-order valence-corrected chi connectivity index (χ2v) is 5.28. The van der Waals surface area contributed by atoms with Crippen LogP contribution in [0.4, 0.5) is 10.2 Å². The second-order valence-electron chi connectivity index (χ2n) is 4.87. The molecular weight excluding hydrogens is 277 g/mol. The van der Waals surface area contributed by atoms with Crippen molar-refractivity contribution in [3.63, 3.8) is 0 Å². The van der Waals surface area contributed by atoms with Gasteiger partial charge in [0.05, 0.1) is 10.6 Å². The first-order valence-electron chi connectivity index (χ1n) is 6.92. The predicted molar refractivity (Wildman–Crippen MR) is 81.3 cm³/mol. The third kappa shape index (κ3) is 3.12. The molecule has 1 heterocycles. The van der Waals surface area contributed by atoms with Crippen LogP contribution in [-0.2, 0) is 6.42 Å². The SMILES string of the molecule is CCCCCCc1[nH]nc(N)c1-c1c(F)cccc1Cl. The number of aryl methyl sites for hydroxylation is 1. The first kappa shape index (κ1) is 14.9. The largest absolute Gasteiger partial charge is 0.382 e. The third-order valence-electron chi connectivity index (χ3n) is 3.36. The third-order valence-corrected chi connectivity index (χ3v) is 3.68. The van der Waals surface area contributed by atoms with Crippen LogP contribution in [0.2, 0.25) is 5.02 Å². The van der Waals surface area contributed by atoms with Gasteiger partial charge < -0.3 is 5.73 Å². The van der Waals surface area contributed by atoms with E-state index in [2.05, 4.69) is 17.1 Å². The number of nitrogens with zero attached hydrogens (tertiary/aromatic N) is 1. The number of nitrogens with one attached hydrogen (secondary N) is 1. The molecule has 0 fully saturated rings. The van der Waals surface area contributed by atoms with Gasteiger partial charge in [0.1, 0.15) is 5.82 Å². The maximum atomic E-state index is 14.0. The molecule has 0 atom stereocenters. The molecule has 0 amide bonds. The Morgan fingerprint density at radius 3 is 2.75 bits per heavy atom. The summed E-state index contributed by atoms with van der Waals surface area (Å²) in [5.74, 6) is -0.0806. The number of rotatable bonds is 6. The molecule has 0 radical (unpaired) electrons. The van der Waals surface area contributed by atoms with Crippen LogP contribution in [0.5, 0.6) is 0 Å². The highest BCUT2D eigenvalue weighted by molar-refractivity contribution is 6.33. The maximum Gasteiger partial charge on any atom is 0.153 e. The zero-order chi connectivity index (χ0) is 14.5. The minimum atomic E-state index is -0.375. The lowest BCUT2D eigenvalue weighted by atomic mass is 10.0. The number of hydrogen-bond donors (Lipinski definition) is 2. The fraction of sp³-hybridized carbons (Fsp3) is 0.400. The molecule has 0 spiro atoms. The standard InChI is InChI=1S/C15H19ClFN3/c1-2-3-4-5-9-12-14(15(18)20-19-12)13-10(16)7-6-8-11(13)17/h6-8H,2-5,9H2,1H3,(H3,18,19,20). The lowest BCUT2D eigenvalue weighted by Gasteiger charge is -2.08. The summed E-state index contributed by atoms with van der Waals surface area (Å²) in [7, 11) is 0. The van der Waals surface area contributed by atoms with Crippen molar-refractivity contribution in [1.29, 1.82) is 0 Å². The van der Waals surface area contributed by atoms with Gasteiger partial charge in [-0.2, -0.15) is 5.10 Å². The Hall–Kier alpha value is -1.55. The molecule has 0 aliphatic carbocycles. The van der Waals surface area contributed by atoms with Gasteiger partial charge in [-0.3, -0.25) is 5.10 Å². The summed E-state index contributed by atoms with van der Waals surface area (Å²) in [6, 6.07) is 4.63. The van der Waals surface area contributed by atoms with Crippen LogP contribution in [-0.4, -0.2) is 10.2 Å². The van der Waals surface area contributed by atoms with Gasteiger partial charge in [-0.25, -0.2) is 4.39 Å².